The first kappa shape index (κ1) is 14.1. The van der Waals surface area contributed by atoms with Crippen molar-refractivity contribution in [2.24, 2.45) is 0 Å². The van der Waals surface area contributed by atoms with Crippen LogP contribution in [0.25, 0.3) is 0 Å². The highest BCUT2D eigenvalue weighted by atomic mass is 16.5. The lowest BCUT2D eigenvalue weighted by molar-refractivity contribution is 0.190. The fraction of sp³-hybridized carbons (Fsp3) is 0.235. The van der Waals surface area contributed by atoms with E-state index < -0.39 is 6.10 Å². The summed E-state index contributed by atoms with van der Waals surface area (Å²) in [6.07, 6.45) is -0.564. The standard InChI is InChI=1S/C17H17NO2/c1-12-3-8-17(16(9-12)13(2)19)20-11-15-6-4-14(10-18)5-7-15/h3-9,13,19H,11H2,1-2H3/t13-/m1/s1. The van der Waals surface area contributed by atoms with E-state index in [1.54, 1.807) is 19.1 Å². The number of aryl methyl sites for hydroxylation is 1. The summed E-state index contributed by atoms with van der Waals surface area (Å²) in [5.41, 5.74) is 3.50. The molecule has 0 amide bonds. The van der Waals surface area contributed by atoms with Crippen LogP contribution in [0.4, 0.5) is 0 Å². The molecule has 0 aliphatic heterocycles. The third-order valence-corrected chi connectivity index (χ3v) is 3.09. The van der Waals surface area contributed by atoms with Gasteiger partial charge >= 0.3 is 0 Å². The quantitative estimate of drug-likeness (QED) is 0.922. The van der Waals surface area contributed by atoms with E-state index in [9.17, 15) is 5.11 Å². The van der Waals surface area contributed by atoms with Crippen molar-refractivity contribution in [2.75, 3.05) is 0 Å². The number of benzene rings is 2. The second kappa shape index (κ2) is 6.23. The molecule has 0 bridgehead atoms. The van der Waals surface area contributed by atoms with Gasteiger partial charge < -0.3 is 9.84 Å². The minimum Gasteiger partial charge on any atom is -0.489 e. The number of nitrogens with zero attached hydrogens (tertiary/aromatic N) is 1. The molecule has 20 heavy (non-hydrogen) atoms. The van der Waals surface area contributed by atoms with E-state index in [-0.39, 0.29) is 0 Å². The van der Waals surface area contributed by atoms with E-state index in [0.29, 0.717) is 17.9 Å². The van der Waals surface area contributed by atoms with Gasteiger partial charge in [0.05, 0.1) is 17.7 Å². The van der Waals surface area contributed by atoms with Gasteiger partial charge in [0, 0.05) is 5.56 Å². The minimum atomic E-state index is -0.564. The SMILES string of the molecule is Cc1ccc(OCc2ccc(C#N)cc2)c([C@@H](C)O)c1. The van der Waals surface area contributed by atoms with Gasteiger partial charge in [-0.1, -0.05) is 23.8 Å². The molecule has 3 nitrogen and oxygen atoms in total. The Balaban J connectivity index is 2.12. The maximum atomic E-state index is 9.78. The highest BCUT2D eigenvalue weighted by Crippen LogP contribution is 2.27. The molecule has 1 N–H and O–H groups in total. The Morgan fingerprint density at radius 3 is 2.50 bits per heavy atom. The van der Waals surface area contributed by atoms with Crippen LogP contribution in [0, 0.1) is 18.3 Å². The number of hydrogen-bond acceptors (Lipinski definition) is 3. The molecular formula is C17H17NO2. The van der Waals surface area contributed by atoms with Gasteiger partial charge in [0.2, 0.25) is 0 Å². The van der Waals surface area contributed by atoms with E-state index in [2.05, 4.69) is 6.07 Å². The van der Waals surface area contributed by atoms with Gasteiger partial charge in [-0.25, -0.2) is 0 Å². The van der Waals surface area contributed by atoms with Crippen LogP contribution in [0.15, 0.2) is 42.5 Å². The predicted octanol–water partition coefficient (Wildman–Crippen LogP) is 3.50. The van der Waals surface area contributed by atoms with Crippen molar-refractivity contribution in [1.82, 2.24) is 0 Å². The summed E-state index contributed by atoms with van der Waals surface area (Å²) in [5.74, 6) is 0.690. The zero-order valence-electron chi connectivity index (χ0n) is 11.6. The molecule has 3 heteroatoms. The summed E-state index contributed by atoms with van der Waals surface area (Å²) < 4.78 is 5.77. The summed E-state index contributed by atoms with van der Waals surface area (Å²) in [7, 11) is 0. The smallest absolute Gasteiger partial charge is 0.125 e. The summed E-state index contributed by atoms with van der Waals surface area (Å²) in [4.78, 5) is 0. The number of nitriles is 1. The number of rotatable bonds is 4. The first-order valence-corrected chi connectivity index (χ1v) is 6.50. The average molecular weight is 267 g/mol. The van der Waals surface area contributed by atoms with E-state index in [4.69, 9.17) is 10.00 Å². The second-order valence-corrected chi connectivity index (χ2v) is 4.81. The Morgan fingerprint density at radius 2 is 1.90 bits per heavy atom. The van der Waals surface area contributed by atoms with Crippen LogP contribution in [-0.2, 0) is 6.61 Å². The number of ether oxygens (including phenoxy) is 1. The molecule has 0 radical (unpaired) electrons. The predicted molar refractivity (Wildman–Crippen MR) is 77.3 cm³/mol. The Labute approximate surface area is 119 Å². The molecule has 0 aliphatic carbocycles. The minimum absolute atomic E-state index is 0.411. The molecule has 0 saturated carbocycles. The summed E-state index contributed by atoms with van der Waals surface area (Å²) in [6, 6.07) is 15.1. The van der Waals surface area contributed by atoms with Crippen molar-refractivity contribution in [1.29, 1.82) is 5.26 Å². The van der Waals surface area contributed by atoms with Gasteiger partial charge in [-0.2, -0.15) is 5.26 Å². The van der Waals surface area contributed by atoms with Crippen LogP contribution < -0.4 is 4.74 Å². The molecule has 0 heterocycles. The van der Waals surface area contributed by atoms with Crippen molar-refractivity contribution in [3.05, 3.63) is 64.7 Å². The van der Waals surface area contributed by atoms with E-state index in [1.165, 1.54) is 0 Å². The molecule has 0 aromatic heterocycles. The Bertz CT molecular complexity index is 624. The lowest BCUT2D eigenvalue weighted by atomic mass is 10.1. The van der Waals surface area contributed by atoms with Crippen LogP contribution >= 0.6 is 0 Å². The van der Waals surface area contributed by atoms with Gasteiger partial charge in [-0.05, 0) is 43.7 Å². The second-order valence-electron chi connectivity index (χ2n) is 4.81. The largest absolute Gasteiger partial charge is 0.489 e. The van der Waals surface area contributed by atoms with Gasteiger partial charge in [-0.15, -0.1) is 0 Å². The monoisotopic (exact) mass is 267 g/mol. The van der Waals surface area contributed by atoms with Crippen LogP contribution in [0.2, 0.25) is 0 Å². The average Bonchev–Trinajstić information content (AvgIpc) is 2.46. The summed E-state index contributed by atoms with van der Waals surface area (Å²) in [5, 5.41) is 18.5. The maximum Gasteiger partial charge on any atom is 0.125 e. The normalized spacial score (nSPS) is 11.7. The lowest BCUT2D eigenvalue weighted by Gasteiger charge is -2.14. The zero-order chi connectivity index (χ0) is 14.5. The molecule has 2 aromatic rings. The van der Waals surface area contributed by atoms with E-state index in [0.717, 1.165) is 16.7 Å². The fourth-order valence-corrected chi connectivity index (χ4v) is 1.96. The molecule has 102 valence electrons. The third-order valence-electron chi connectivity index (χ3n) is 3.09. The van der Waals surface area contributed by atoms with Crippen molar-refractivity contribution in [2.45, 2.75) is 26.6 Å². The third kappa shape index (κ3) is 3.37. The number of hydrogen-bond donors (Lipinski definition) is 1. The van der Waals surface area contributed by atoms with Gasteiger partial charge in [0.25, 0.3) is 0 Å². The van der Waals surface area contributed by atoms with Crippen LogP contribution in [0.5, 0.6) is 5.75 Å². The van der Waals surface area contributed by atoms with Gasteiger partial charge in [0.15, 0.2) is 0 Å². The lowest BCUT2D eigenvalue weighted by Crippen LogP contribution is -2.01. The van der Waals surface area contributed by atoms with E-state index in [1.807, 2.05) is 37.3 Å². The molecule has 0 unspecified atom stereocenters. The van der Waals surface area contributed by atoms with Crippen molar-refractivity contribution >= 4 is 0 Å². The number of aliphatic hydroxyl groups excluding tert-OH is 1. The summed E-state index contributed by atoms with van der Waals surface area (Å²) >= 11 is 0. The van der Waals surface area contributed by atoms with Crippen molar-refractivity contribution < 1.29 is 9.84 Å². The topological polar surface area (TPSA) is 53.2 Å². The molecule has 1 atom stereocenters. The van der Waals surface area contributed by atoms with E-state index >= 15 is 0 Å². The zero-order valence-corrected chi connectivity index (χ0v) is 11.6. The molecular weight excluding hydrogens is 250 g/mol. The van der Waals surface area contributed by atoms with Crippen molar-refractivity contribution in [3.8, 4) is 11.8 Å². The first-order valence-electron chi connectivity index (χ1n) is 6.50. The highest BCUT2D eigenvalue weighted by Gasteiger charge is 2.09. The van der Waals surface area contributed by atoms with Crippen LogP contribution in [0.1, 0.15) is 35.3 Å². The van der Waals surface area contributed by atoms with Crippen LogP contribution in [-0.4, -0.2) is 5.11 Å². The molecule has 0 spiro atoms. The molecule has 0 saturated heterocycles. The fourth-order valence-electron chi connectivity index (χ4n) is 1.96. The Hall–Kier alpha value is -2.31. The highest BCUT2D eigenvalue weighted by molar-refractivity contribution is 5.38. The molecule has 2 aromatic carbocycles. The van der Waals surface area contributed by atoms with Gasteiger partial charge in [-0.3, -0.25) is 0 Å². The molecule has 0 aliphatic rings. The van der Waals surface area contributed by atoms with Crippen molar-refractivity contribution in [3.63, 3.8) is 0 Å². The van der Waals surface area contributed by atoms with Crippen LogP contribution in [0.3, 0.4) is 0 Å². The maximum absolute atomic E-state index is 9.78. The molecule has 2 rings (SSSR count). The Morgan fingerprint density at radius 1 is 1.20 bits per heavy atom. The van der Waals surface area contributed by atoms with Gasteiger partial charge in [0.1, 0.15) is 12.4 Å². The Kier molecular flexibility index (Phi) is 4.39. The first-order chi connectivity index (χ1) is 9.60. The summed E-state index contributed by atoms with van der Waals surface area (Å²) in [6.45, 7) is 4.12. The molecule has 0 fully saturated rings. The number of aliphatic hydroxyl groups is 1.